The second kappa shape index (κ2) is 8.60. The van der Waals surface area contributed by atoms with E-state index in [1.165, 1.54) is 5.56 Å². The highest BCUT2D eigenvalue weighted by atomic mass is 35.5. The van der Waals surface area contributed by atoms with Gasteiger partial charge in [0.1, 0.15) is 0 Å². The lowest BCUT2D eigenvalue weighted by Gasteiger charge is -2.40. The smallest absolute Gasteiger partial charge is 0.325 e. The highest BCUT2D eigenvalue weighted by Crippen LogP contribution is 2.39. The van der Waals surface area contributed by atoms with Gasteiger partial charge < -0.3 is 9.64 Å². The van der Waals surface area contributed by atoms with Crippen molar-refractivity contribution in [3.05, 3.63) is 63.6 Å². The number of hydrazine groups is 1. The number of urea groups is 1. The number of nitrogens with one attached hydrogen (secondary N) is 2. The molecule has 2 aromatic carbocycles. The van der Waals surface area contributed by atoms with Crippen molar-refractivity contribution in [1.82, 2.24) is 15.8 Å². The van der Waals surface area contributed by atoms with Gasteiger partial charge >= 0.3 is 6.03 Å². The van der Waals surface area contributed by atoms with Crippen LogP contribution in [-0.2, 0) is 11.3 Å². The lowest BCUT2D eigenvalue weighted by molar-refractivity contribution is 0.00611. The minimum atomic E-state index is -0.237. The van der Waals surface area contributed by atoms with Crippen molar-refractivity contribution in [2.45, 2.75) is 30.8 Å². The number of nitrogens with zero attached hydrogens (tertiary/aromatic N) is 2. The lowest BCUT2D eigenvalue weighted by atomic mass is 9.89. The van der Waals surface area contributed by atoms with Crippen LogP contribution in [0, 0.1) is 0 Å². The molecular weight excluding hydrogens is 435 g/mol. The van der Waals surface area contributed by atoms with E-state index in [1.807, 2.05) is 21.9 Å². The number of halogens is 2. The Morgan fingerprint density at radius 1 is 1.00 bits per heavy atom. The maximum Gasteiger partial charge on any atom is 0.325 e. The van der Waals surface area contributed by atoms with Gasteiger partial charge in [-0.2, -0.15) is 0 Å². The summed E-state index contributed by atoms with van der Waals surface area (Å²) in [4.78, 5) is 17.5. The van der Waals surface area contributed by atoms with Crippen LogP contribution < -0.4 is 15.8 Å². The molecule has 2 N–H and O–H groups in total. The van der Waals surface area contributed by atoms with E-state index < -0.39 is 0 Å². The Morgan fingerprint density at radius 2 is 1.71 bits per heavy atom. The molecule has 0 unspecified atom stereocenters. The summed E-state index contributed by atoms with van der Waals surface area (Å²) in [6.45, 7) is 4.34. The van der Waals surface area contributed by atoms with Crippen LogP contribution in [0.4, 0.5) is 10.5 Å². The zero-order valence-electron chi connectivity index (χ0n) is 17.2. The normalized spacial score (nSPS) is 21.4. The molecule has 8 heteroatoms. The van der Waals surface area contributed by atoms with E-state index in [9.17, 15) is 4.79 Å². The van der Waals surface area contributed by atoms with Crippen LogP contribution in [0.3, 0.4) is 0 Å². The summed E-state index contributed by atoms with van der Waals surface area (Å²) < 4.78 is 5.63. The van der Waals surface area contributed by atoms with Crippen molar-refractivity contribution in [3.8, 4) is 0 Å². The predicted octanol–water partition coefficient (Wildman–Crippen LogP) is 4.18. The third-order valence-corrected chi connectivity index (χ3v) is 7.47. The maximum atomic E-state index is 13.6. The predicted molar refractivity (Wildman–Crippen MR) is 123 cm³/mol. The largest absolute Gasteiger partial charge is 0.381 e. The molecule has 5 rings (SSSR count). The zero-order chi connectivity index (χ0) is 21.4. The molecule has 6 nitrogen and oxygen atoms in total. The fourth-order valence-electron chi connectivity index (χ4n) is 4.86. The molecule has 0 saturated carbocycles. The molecule has 0 aliphatic carbocycles. The summed E-state index contributed by atoms with van der Waals surface area (Å²) in [6, 6.07) is 14.0. The van der Waals surface area contributed by atoms with E-state index in [-0.39, 0.29) is 11.6 Å². The van der Waals surface area contributed by atoms with Crippen LogP contribution in [0.1, 0.15) is 29.9 Å². The molecule has 164 valence electrons. The minimum Gasteiger partial charge on any atom is -0.381 e. The molecule has 3 aliphatic heterocycles. The number of amides is 2. The first kappa shape index (κ1) is 21.0. The van der Waals surface area contributed by atoms with Gasteiger partial charge in [-0.15, -0.1) is 0 Å². The molecule has 0 atom stereocenters. The number of anilines is 1. The van der Waals surface area contributed by atoms with E-state index in [2.05, 4.69) is 35.1 Å². The van der Waals surface area contributed by atoms with Crippen LogP contribution in [0.25, 0.3) is 0 Å². The highest BCUT2D eigenvalue weighted by molar-refractivity contribution is 6.42. The number of carbonyl (C=O) groups is 1. The van der Waals surface area contributed by atoms with Gasteiger partial charge in [-0.25, -0.2) is 4.79 Å². The van der Waals surface area contributed by atoms with Crippen LogP contribution in [0.5, 0.6) is 0 Å². The van der Waals surface area contributed by atoms with E-state index in [4.69, 9.17) is 27.9 Å². The van der Waals surface area contributed by atoms with Crippen LogP contribution in [0.2, 0.25) is 10.0 Å². The quantitative estimate of drug-likeness (QED) is 0.718. The molecule has 3 fully saturated rings. The van der Waals surface area contributed by atoms with Crippen molar-refractivity contribution in [2.75, 3.05) is 37.7 Å². The van der Waals surface area contributed by atoms with Gasteiger partial charge in [0.2, 0.25) is 0 Å². The van der Waals surface area contributed by atoms with Crippen molar-refractivity contribution in [3.63, 3.8) is 0 Å². The Bertz CT molecular complexity index is 957. The monoisotopic (exact) mass is 460 g/mol. The number of hydrogen-bond acceptors (Lipinski definition) is 4. The van der Waals surface area contributed by atoms with Gasteiger partial charge in [0.15, 0.2) is 0 Å². The molecule has 2 amide bonds. The first-order valence-electron chi connectivity index (χ1n) is 10.7. The van der Waals surface area contributed by atoms with Crippen molar-refractivity contribution < 1.29 is 9.53 Å². The summed E-state index contributed by atoms with van der Waals surface area (Å²) >= 11 is 12.3. The zero-order valence-corrected chi connectivity index (χ0v) is 18.8. The Labute approximate surface area is 192 Å². The summed E-state index contributed by atoms with van der Waals surface area (Å²) in [5, 5.41) is 1.03. The molecule has 3 heterocycles. The van der Waals surface area contributed by atoms with Gasteiger partial charge in [0.25, 0.3) is 0 Å². The molecule has 2 aromatic rings. The standard InChI is InChI=1S/C23H26Cl2N4O2/c24-20-6-1-16(11-21(20)25)14-29-22(30)28(15-23(29)7-9-31-10-8-23)19-4-2-17(3-5-19)18-12-26-27-13-18/h1-6,11,18,26-27H,7-10,12-15H2. The Kier molecular flexibility index (Phi) is 5.84. The maximum absolute atomic E-state index is 13.6. The molecule has 3 aliphatic rings. The summed E-state index contributed by atoms with van der Waals surface area (Å²) in [6.07, 6.45) is 1.65. The molecule has 1 spiro atoms. The summed E-state index contributed by atoms with van der Waals surface area (Å²) in [5.41, 5.74) is 9.31. The van der Waals surface area contributed by atoms with Gasteiger partial charge in [0, 0.05) is 44.5 Å². The Hall–Kier alpha value is -1.83. The van der Waals surface area contributed by atoms with E-state index in [0.29, 0.717) is 42.3 Å². The molecule has 3 saturated heterocycles. The fourth-order valence-corrected chi connectivity index (χ4v) is 5.18. The Morgan fingerprint density at radius 3 is 2.39 bits per heavy atom. The Balaban J connectivity index is 1.41. The minimum absolute atomic E-state index is 0.0323. The van der Waals surface area contributed by atoms with Crippen LogP contribution >= 0.6 is 23.2 Å². The van der Waals surface area contributed by atoms with E-state index in [0.717, 1.165) is 37.2 Å². The van der Waals surface area contributed by atoms with Gasteiger partial charge in [-0.3, -0.25) is 15.8 Å². The van der Waals surface area contributed by atoms with Gasteiger partial charge in [-0.05, 0) is 48.2 Å². The lowest BCUT2D eigenvalue weighted by Crippen LogP contribution is -2.50. The van der Waals surface area contributed by atoms with Gasteiger partial charge in [0.05, 0.1) is 22.1 Å². The van der Waals surface area contributed by atoms with E-state index >= 15 is 0 Å². The third-order valence-electron chi connectivity index (χ3n) is 6.73. The average molecular weight is 461 g/mol. The van der Waals surface area contributed by atoms with Crippen molar-refractivity contribution >= 4 is 34.9 Å². The molecule has 31 heavy (non-hydrogen) atoms. The topological polar surface area (TPSA) is 56.8 Å². The number of ether oxygens (including phenoxy) is 1. The fraction of sp³-hybridized carbons (Fsp3) is 0.435. The third kappa shape index (κ3) is 4.03. The average Bonchev–Trinajstić information content (AvgIpc) is 3.41. The van der Waals surface area contributed by atoms with Crippen LogP contribution in [0.15, 0.2) is 42.5 Å². The number of carbonyl (C=O) groups excluding carboxylic acids is 1. The first-order chi connectivity index (χ1) is 15.1. The second-order valence-electron chi connectivity index (χ2n) is 8.59. The second-order valence-corrected chi connectivity index (χ2v) is 9.40. The molecular formula is C23H26Cl2N4O2. The number of hydrogen-bond donors (Lipinski definition) is 2. The summed E-state index contributed by atoms with van der Waals surface area (Å²) in [7, 11) is 0. The van der Waals surface area contributed by atoms with Crippen LogP contribution in [-0.4, -0.2) is 49.3 Å². The number of benzene rings is 2. The highest BCUT2D eigenvalue weighted by Gasteiger charge is 2.50. The first-order valence-corrected chi connectivity index (χ1v) is 11.5. The van der Waals surface area contributed by atoms with E-state index in [1.54, 1.807) is 6.07 Å². The summed E-state index contributed by atoms with van der Waals surface area (Å²) in [5.74, 6) is 0.455. The molecule has 0 aromatic heterocycles. The molecule has 0 radical (unpaired) electrons. The van der Waals surface area contributed by atoms with Gasteiger partial charge in [-0.1, -0.05) is 41.4 Å². The van der Waals surface area contributed by atoms with Crippen molar-refractivity contribution in [2.24, 2.45) is 0 Å². The number of rotatable bonds is 4. The SMILES string of the molecule is O=C1N(c2ccc(C3CNNC3)cc2)CC2(CCOCC2)N1Cc1ccc(Cl)c(Cl)c1. The van der Waals surface area contributed by atoms with Crippen molar-refractivity contribution in [1.29, 1.82) is 0 Å². The molecule has 0 bridgehead atoms.